The third kappa shape index (κ3) is 4.38. The third-order valence-electron chi connectivity index (χ3n) is 8.35. The van der Waals surface area contributed by atoms with Crippen molar-refractivity contribution in [3.05, 3.63) is 70.9 Å². The molecule has 3 atom stereocenters. The maximum absolute atomic E-state index is 14.0. The molecule has 3 N–H and O–H groups in total. The Bertz CT molecular complexity index is 1380. The molecule has 3 aliphatic rings. The predicted octanol–water partition coefficient (Wildman–Crippen LogP) is 4.32. The zero-order valence-corrected chi connectivity index (χ0v) is 22.5. The minimum atomic E-state index is -0.703. The molecular formula is C30H34N4O3S. The Balaban J connectivity index is 1.32. The summed E-state index contributed by atoms with van der Waals surface area (Å²) in [6, 6.07) is 14.2. The molecule has 3 aromatic rings. The van der Waals surface area contributed by atoms with Gasteiger partial charge in [0.25, 0.3) is 5.91 Å². The van der Waals surface area contributed by atoms with E-state index in [4.69, 9.17) is 0 Å². The number of nitrogens with one attached hydrogen (secondary N) is 3. The number of thioether (sulfide) groups is 1. The molecule has 2 aliphatic heterocycles. The minimum Gasteiger partial charge on any atom is -0.356 e. The molecule has 0 radical (unpaired) electrons. The van der Waals surface area contributed by atoms with Crippen LogP contribution in [0.5, 0.6) is 0 Å². The number of aromatic nitrogens is 1. The first-order valence-corrected chi connectivity index (χ1v) is 15.1. The molecule has 7 nitrogen and oxygen atoms in total. The number of H-pyrrole nitrogens is 1. The first-order valence-electron chi connectivity index (χ1n) is 13.7. The molecule has 1 saturated carbocycles. The fourth-order valence-corrected chi connectivity index (χ4v) is 6.93. The molecule has 198 valence electrons. The van der Waals surface area contributed by atoms with Crippen LogP contribution in [0.15, 0.2) is 48.5 Å². The molecule has 3 amide bonds. The van der Waals surface area contributed by atoms with Gasteiger partial charge in [0.2, 0.25) is 11.8 Å². The van der Waals surface area contributed by atoms with Crippen LogP contribution in [0.4, 0.5) is 0 Å². The van der Waals surface area contributed by atoms with E-state index < -0.39 is 12.1 Å². The van der Waals surface area contributed by atoms with E-state index in [9.17, 15) is 14.4 Å². The number of benzene rings is 2. The summed E-state index contributed by atoms with van der Waals surface area (Å²) in [6.45, 7) is 0. The Morgan fingerprint density at radius 2 is 1.84 bits per heavy atom. The van der Waals surface area contributed by atoms with Gasteiger partial charge in [-0.2, -0.15) is 11.8 Å². The van der Waals surface area contributed by atoms with Crippen LogP contribution < -0.4 is 10.6 Å². The Kier molecular flexibility index (Phi) is 6.91. The lowest BCUT2D eigenvalue weighted by Crippen LogP contribution is -2.57. The van der Waals surface area contributed by atoms with Gasteiger partial charge in [0, 0.05) is 34.6 Å². The Morgan fingerprint density at radius 1 is 1.08 bits per heavy atom. The van der Waals surface area contributed by atoms with Gasteiger partial charge in [0.15, 0.2) is 0 Å². The van der Waals surface area contributed by atoms with E-state index in [0.717, 1.165) is 59.2 Å². The first kappa shape index (κ1) is 25.0. The molecule has 2 aromatic carbocycles. The van der Waals surface area contributed by atoms with Crippen molar-refractivity contribution >= 4 is 40.4 Å². The zero-order chi connectivity index (χ0) is 26.2. The maximum Gasteiger partial charge on any atom is 0.255 e. The molecule has 3 unspecified atom stereocenters. The lowest BCUT2D eigenvalue weighted by molar-refractivity contribution is -0.132. The molecule has 3 heterocycles. The van der Waals surface area contributed by atoms with Crippen LogP contribution in [0.3, 0.4) is 0 Å². The highest BCUT2D eigenvalue weighted by Gasteiger charge is 2.49. The molecule has 1 aromatic heterocycles. The van der Waals surface area contributed by atoms with E-state index >= 15 is 0 Å². The molecule has 38 heavy (non-hydrogen) atoms. The number of amides is 3. The summed E-state index contributed by atoms with van der Waals surface area (Å²) in [7, 11) is 0. The fourth-order valence-electron chi connectivity index (χ4n) is 6.46. The number of carbonyl (C=O) groups excluding carboxylic acids is 3. The maximum atomic E-state index is 14.0. The number of nitrogens with zero attached hydrogens (tertiary/aromatic N) is 1. The van der Waals surface area contributed by atoms with Gasteiger partial charge in [-0.3, -0.25) is 14.4 Å². The third-order valence-corrected chi connectivity index (χ3v) is 8.99. The van der Waals surface area contributed by atoms with Gasteiger partial charge >= 0.3 is 0 Å². The fraction of sp³-hybridized carbons (Fsp3) is 0.433. The van der Waals surface area contributed by atoms with Gasteiger partial charge < -0.3 is 20.5 Å². The van der Waals surface area contributed by atoms with Crippen molar-refractivity contribution in [3.8, 4) is 0 Å². The summed E-state index contributed by atoms with van der Waals surface area (Å²) < 4.78 is 0. The normalized spacial score (nSPS) is 21.5. The zero-order valence-electron chi connectivity index (χ0n) is 21.7. The predicted molar refractivity (Wildman–Crippen MR) is 150 cm³/mol. The Hall–Kier alpha value is -3.26. The van der Waals surface area contributed by atoms with Gasteiger partial charge in [0.1, 0.15) is 12.1 Å². The van der Waals surface area contributed by atoms with Crippen LogP contribution in [-0.4, -0.2) is 57.7 Å². The number of aromatic amines is 1. The summed E-state index contributed by atoms with van der Waals surface area (Å²) in [5, 5.41) is 7.34. The highest BCUT2D eigenvalue weighted by molar-refractivity contribution is 7.98. The standard InChI is InChI=1S/C30H34N4O3S/c1-38-16-15-24(28(35)31-18-9-3-2-4-10-18)33-29(36)25-17-22-19-11-7-8-14-23(19)32-26(22)27-20-12-5-6-13-21(20)30(37)34(25)27/h5-8,11-14,18,24-25,27,32H,2-4,9-10,15-17H2,1H3,(H,31,35)(H,33,36). The van der Waals surface area contributed by atoms with Crippen molar-refractivity contribution in [2.45, 2.75) is 69.1 Å². The molecule has 1 fully saturated rings. The van der Waals surface area contributed by atoms with Crippen molar-refractivity contribution < 1.29 is 14.4 Å². The van der Waals surface area contributed by atoms with Gasteiger partial charge in [0.05, 0.1) is 6.04 Å². The second-order valence-corrected chi connectivity index (χ2v) is 11.7. The SMILES string of the molecule is CSCCC(NC(=O)C1Cc2c([nH]c3ccccc23)C2c3ccccc3C(=O)N12)C(=O)NC1CCCCC1. The van der Waals surface area contributed by atoms with E-state index in [1.165, 1.54) is 6.42 Å². The van der Waals surface area contributed by atoms with Crippen LogP contribution in [0, 0.1) is 0 Å². The number of fused-ring (bicyclic) bond motifs is 7. The number of carbonyl (C=O) groups is 3. The first-order chi connectivity index (χ1) is 18.6. The molecule has 1 aliphatic carbocycles. The minimum absolute atomic E-state index is 0.115. The highest BCUT2D eigenvalue weighted by atomic mass is 32.2. The smallest absolute Gasteiger partial charge is 0.255 e. The second kappa shape index (κ2) is 10.5. The van der Waals surface area contributed by atoms with Crippen LogP contribution in [-0.2, 0) is 16.0 Å². The van der Waals surface area contributed by atoms with Crippen LogP contribution in [0.2, 0.25) is 0 Å². The van der Waals surface area contributed by atoms with E-state index in [-0.39, 0.29) is 29.8 Å². The molecular weight excluding hydrogens is 496 g/mol. The van der Waals surface area contributed by atoms with Gasteiger partial charge in [-0.05, 0) is 54.5 Å². The number of hydrogen-bond donors (Lipinski definition) is 3. The molecule has 0 saturated heterocycles. The lowest BCUT2D eigenvalue weighted by Gasteiger charge is -2.38. The van der Waals surface area contributed by atoms with Gasteiger partial charge in [-0.25, -0.2) is 0 Å². The largest absolute Gasteiger partial charge is 0.356 e. The van der Waals surface area contributed by atoms with Gasteiger partial charge in [-0.15, -0.1) is 0 Å². The Morgan fingerprint density at radius 3 is 2.66 bits per heavy atom. The molecule has 8 heteroatoms. The Labute approximate surface area is 227 Å². The van der Waals surface area contributed by atoms with Crippen molar-refractivity contribution in [3.63, 3.8) is 0 Å². The molecule has 6 rings (SSSR count). The summed E-state index contributed by atoms with van der Waals surface area (Å²) in [4.78, 5) is 46.2. The van der Waals surface area contributed by atoms with E-state index in [1.54, 1.807) is 16.7 Å². The van der Waals surface area contributed by atoms with E-state index in [1.807, 2.05) is 48.7 Å². The average molecular weight is 531 g/mol. The topological polar surface area (TPSA) is 94.3 Å². The van der Waals surface area contributed by atoms with Gasteiger partial charge in [-0.1, -0.05) is 55.7 Å². The monoisotopic (exact) mass is 530 g/mol. The van der Waals surface area contributed by atoms with Crippen LogP contribution in [0.25, 0.3) is 10.9 Å². The summed E-state index contributed by atoms with van der Waals surface area (Å²) in [6.07, 6.45) is 8.40. The van der Waals surface area contributed by atoms with E-state index in [2.05, 4.69) is 21.7 Å². The molecule has 0 bridgehead atoms. The summed E-state index contributed by atoms with van der Waals surface area (Å²) in [5.74, 6) is 0.242. The summed E-state index contributed by atoms with van der Waals surface area (Å²) in [5.41, 5.74) is 4.59. The van der Waals surface area contributed by atoms with Crippen LogP contribution >= 0.6 is 11.8 Å². The quantitative estimate of drug-likeness (QED) is 0.424. The van der Waals surface area contributed by atoms with Crippen LogP contribution in [0.1, 0.15) is 71.7 Å². The number of para-hydroxylation sites is 1. The number of rotatable bonds is 7. The number of hydrogen-bond acceptors (Lipinski definition) is 4. The van der Waals surface area contributed by atoms with Crippen molar-refractivity contribution in [1.82, 2.24) is 20.5 Å². The highest BCUT2D eigenvalue weighted by Crippen LogP contribution is 2.46. The van der Waals surface area contributed by atoms with E-state index in [0.29, 0.717) is 18.4 Å². The lowest BCUT2D eigenvalue weighted by atomic mass is 9.89. The average Bonchev–Trinajstić information content (AvgIpc) is 3.46. The van der Waals surface area contributed by atoms with Crippen molar-refractivity contribution in [1.29, 1.82) is 0 Å². The summed E-state index contributed by atoms with van der Waals surface area (Å²) >= 11 is 1.66. The van der Waals surface area contributed by atoms with Crippen molar-refractivity contribution in [2.75, 3.05) is 12.0 Å². The molecule has 0 spiro atoms. The second-order valence-electron chi connectivity index (χ2n) is 10.7. The van der Waals surface area contributed by atoms with Crippen molar-refractivity contribution in [2.24, 2.45) is 0 Å².